The third kappa shape index (κ3) is 5.70. The second-order valence-electron chi connectivity index (χ2n) is 13.3. The highest BCUT2D eigenvalue weighted by Gasteiger charge is 2.24. The molecule has 0 fully saturated rings. The van der Waals surface area contributed by atoms with Crippen LogP contribution in [0.25, 0.3) is 59.6 Å². The van der Waals surface area contributed by atoms with E-state index in [1.54, 1.807) is 11.3 Å². The average Bonchev–Trinajstić information content (AvgIpc) is 3.85. The fourth-order valence-electron chi connectivity index (χ4n) is 6.21. The van der Waals surface area contributed by atoms with Gasteiger partial charge in [0, 0.05) is 21.5 Å². The Morgan fingerprint density at radius 2 is 1.43 bits per heavy atom. The van der Waals surface area contributed by atoms with Crippen molar-refractivity contribution in [3.8, 4) is 48.7 Å². The summed E-state index contributed by atoms with van der Waals surface area (Å²) in [6.07, 6.45) is 1.92. The number of furan rings is 1. The van der Waals surface area contributed by atoms with Crippen LogP contribution in [0, 0.1) is 5.92 Å². The first-order valence-corrected chi connectivity index (χ1v) is 17.4. The van der Waals surface area contributed by atoms with E-state index in [1.807, 2.05) is 24.3 Å². The van der Waals surface area contributed by atoms with E-state index in [-0.39, 0.29) is 5.41 Å². The van der Waals surface area contributed by atoms with Gasteiger partial charge in [-0.1, -0.05) is 89.2 Å². The normalized spacial score (nSPS) is 12.0. The summed E-state index contributed by atoms with van der Waals surface area (Å²) >= 11 is 3.19. The van der Waals surface area contributed by atoms with E-state index in [0.29, 0.717) is 10.8 Å². The van der Waals surface area contributed by atoms with E-state index in [0.717, 1.165) is 34.0 Å². The third-order valence-corrected chi connectivity index (χ3v) is 10.5. The third-order valence-electron chi connectivity index (χ3n) is 8.35. The molecule has 0 N–H and O–H groups in total. The second kappa shape index (κ2) is 12.1. The first-order valence-electron chi connectivity index (χ1n) is 15.8. The number of carbonyl (C=O) groups is 1. The van der Waals surface area contributed by atoms with Gasteiger partial charge in [0.05, 0.1) is 25.8 Å². The maximum Gasteiger partial charge on any atom is 0.160 e. The molecule has 0 aliphatic carbocycles. The molecule has 230 valence electrons. The maximum absolute atomic E-state index is 11.2. The highest BCUT2D eigenvalue weighted by molar-refractivity contribution is 7.19. The van der Waals surface area contributed by atoms with Crippen LogP contribution in [0.15, 0.2) is 114 Å². The Morgan fingerprint density at radius 1 is 0.761 bits per heavy atom. The quantitative estimate of drug-likeness (QED) is 0.155. The number of para-hydroxylation sites is 1. The molecule has 0 saturated heterocycles. The zero-order chi connectivity index (χ0) is 32.0. The maximum atomic E-state index is 11.2. The van der Waals surface area contributed by atoms with Crippen molar-refractivity contribution in [2.24, 2.45) is 5.92 Å². The predicted octanol–water partition coefficient (Wildman–Crippen LogP) is 12.3. The molecular formula is C41H37NO2S2. The molecule has 0 unspecified atom stereocenters. The van der Waals surface area contributed by atoms with Crippen LogP contribution in [-0.2, 0) is 11.8 Å². The average molecular weight is 640 g/mol. The van der Waals surface area contributed by atoms with E-state index in [2.05, 4.69) is 124 Å². The van der Waals surface area contributed by atoms with Crippen molar-refractivity contribution in [2.75, 3.05) is 0 Å². The lowest BCUT2D eigenvalue weighted by molar-refractivity contribution is 0.112. The number of aldehydes is 1. The first kappa shape index (κ1) is 30.2. The van der Waals surface area contributed by atoms with Gasteiger partial charge in [-0.05, 0) is 89.0 Å². The molecule has 0 aliphatic heterocycles. The number of fused-ring (bicyclic) bond motifs is 1. The molecule has 3 nitrogen and oxygen atoms in total. The highest BCUT2D eigenvalue weighted by atomic mass is 32.1. The molecule has 3 aromatic carbocycles. The van der Waals surface area contributed by atoms with Gasteiger partial charge in [-0.2, -0.15) is 0 Å². The molecule has 0 amide bonds. The fraction of sp³-hybridized carbons (Fsp3) is 0.195. The van der Waals surface area contributed by atoms with Crippen molar-refractivity contribution in [1.29, 1.82) is 0 Å². The smallest absolute Gasteiger partial charge is 0.160 e. The largest absolute Gasteiger partial charge is 0.454 e. The van der Waals surface area contributed by atoms with Crippen molar-refractivity contribution >= 4 is 39.9 Å². The van der Waals surface area contributed by atoms with Gasteiger partial charge >= 0.3 is 0 Å². The minimum absolute atomic E-state index is 0.0168. The van der Waals surface area contributed by atoms with Gasteiger partial charge in [0.1, 0.15) is 11.5 Å². The van der Waals surface area contributed by atoms with Gasteiger partial charge < -0.3 is 8.98 Å². The number of hydrogen-bond acceptors (Lipinski definition) is 4. The van der Waals surface area contributed by atoms with Crippen LogP contribution >= 0.6 is 22.7 Å². The lowest BCUT2D eigenvalue weighted by Crippen LogP contribution is -2.13. The van der Waals surface area contributed by atoms with E-state index in [9.17, 15) is 4.79 Å². The summed E-state index contributed by atoms with van der Waals surface area (Å²) in [6, 6.07) is 38.9. The SMILES string of the molecule is CC(C)Cc1cc(-n2c(-c3ccccc3)c(-c3ccc(-c4ccc(-c5ccc(C=O)s5)o4)s3)c3ccccc32)cc(C(C)(C)C)c1. The topological polar surface area (TPSA) is 35.1 Å². The van der Waals surface area contributed by atoms with Crippen molar-refractivity contribution < 1.29 is 9.21 Å². The van der Waals surface area contributed by atoms with Crippen molar-refractivity contribution in [3.05, 3.63) is 125 Å². The molecule has 7 aromatic rings. The lowest BCUT2D eigenvalue weighted by Gasteiger charge is -2.23. The summed E-state index contributed by atoms with van der Waals surface area (Å²) in [5, 5.41) is 1.22. The molecule has 4 aromatic heterocycles. The number of nitrogens with zero attached hydrogens (tertiary/aromatic N) is 1. The van der Waals surface area contributed by atoms with Crippen LogP contribution in [0.5, 0.6) is 0 Å². The fourth-order valence-corrected chi connectivity index (χ4v) is 8.02. The van der Waals surface area contributed by atoms with E-state index in [4.69, 9.17) is 4.42 Å². The van der Waals surface area contributed by atoms with Crippen molar-refractivity contribution in [2.45, 2.75) is 46.5 Å². The Bertz CT molecular complexity index is 2170. The standard InChI is InChI=1S/C41H37NO2S2/c1-26(2)21-27-22-29(41(3,4)5)24-30(23-27)42-33-14-10-9-13-32(33)39(40(42)28-11-7-6-8-12-28)38-20-19-37(46-38)35-17-16-34(44-35)36-18-15-31(25-43)45-36/h6-20,22-26H,21H2,1-5H3. The summed E-state index contributed by atoms with van der Waals surface area (Å²) in [5.74, 6) is 2.17. The Hall–Kier alpha value is -4.45. The number of thiophene rings is 2. The number of rotatable bonds is 8. The summed E-state index contributed by atoms with van der Waals surface area (Å²) in [5.41, 5.74) is 8.72. The summed E-state index contributed by atoms with van der Waals surface area (Å²) in [7, 11) is 0. The van der Waals surface area contributed by atoms with Crippen LogP contribution in [0.1, 0.15) is 55.4 Å². The first-order chi connectivity index (χ1) is 22.2. The molecule has 0 spiro atoms. The van der Waals surface area contributed by atoms with Crippen LogP contribution < -0.4 is 0 Å². The van der Waals surface area contributed by atoms with Gasteiger partial charge in [-0.15, -0.1) is 22.7 Å². The van der Waals surface area contributed by atoms with Crippen LogP contribution in [-0.4, -0.2) is 10.9 Å². The zero-order valence-electron chi connectivity index (χ0n) is 26.8. The highest BCUT2D eigenvalue weighted by Crippen LogP contribution is 2.47. The van der Waals surface area contributed by atoms with E-state index < -0.39 is 0 Å². The molecule has 0 saturated carbocycles. The van der Waals surface area contributed by atoms with Crippen molar-refractivity contribution in [1.82, 2.24) is 4.57 Å². The summed E-state index contributed by atoms with van der Waals surface area (Å²) < 4.78 is 8.81. The molecular weight excluding hydrogens is 603 g/mol. The second-order valence-corrected chi connectivity index (χ2v) is 15.5. The Kier molecular flexibility index (Phi) is 7.92. The monoisotopic (exact) mass is 639 g/mol. The minimum Gasteiger partial charge on any atom is -0.454 e. The number of benzene rings is 3. The summed E-state index contributed by atoms with van der Waals surface area (Å²) in [6.45, 7) is 11.5. The Labute approximate surface area is 278 Å². The zero-order valence-corrected chi connectivity index (χ0v) is 28.5. The van der Waals surface area contributed by atoms with Gasteiger partial charge in [0.15, 0.2) is 6.29 Å². The molecule has 46 heavy (non-hydrogen) atoms. The van der Waals surface area contributed by atoms with Gasteiger partial charge in [0.25, 0.3) is 0 Å². The Balaban J connectivity index is 1.44. The predicted molar refractivity (Wildman–Crippen MR) is 196 cm³/mol. The molecule has 0 atom stereocenters. The van der Waals surface area contributed by atoms with Crippen LogP contribution in [0.3, 0.4) is 0 Å². The molecule has 0 aliphatic rings. The number of aromatic nitrogens is 1. The lowest BCUT2D eigenvalue weighted by atomic mass is 9.84. The molecule has 5 heteroatoms. The van der Waals surface area contributed by atoms with E-state index >= 15 is 0 Å². The van der Waals surface area contributed by atoms with Gasteiger partial charge in [-0.3, -0.25) is 4.79 Å². The minimum atomic E-state index is 0.0168. The number of hydrogen-bond donors (Lipinski definition) is 0. The van der Waals surface area contributed by atoms with Gasteiger partial charge in [-0.25, -0.2) is 0 Å². The van der Waals surface area contributed by atoms with E-state index in [1.165, 1.54) is 60.8 Å². The molecule has 0 radical (unpaired) electrons. The van der Waals surface area contributed by atoms with Crippen LogP contribution in [0.2, 0.25) is 0 Å². The molecule has 7 rings (SSSR count). The molecule has 0 bridgehead atoms. The summed E-state index contributed by atoms with van der Waals surface area (Å²) in [4.78, 5) is 15.1. The van der Waals surface area contributed by atoms with Gasteiger partial charge in [0.2, 0.25) is 0 Å². The molecule has 4 heterocycles. The number of carbonyl (C=O) groups excluding carboxylic acids is 1. The van der Waals surface area contributed by atoms with Crippen molar-refractivity contribution in [3.63, 3.8) is 0 Å². The van der Waals surface area contributed by atoms with Crippen LogP contribution in [0.4, 0.5) is 0 Å². The Morgan fingerprint density at radius 3 is 2.13 bits per heavy atom.